The molecule has 0 radical (unpaired) electrons. The highest BCUT2D eigenvalue weighted by Gasteiger charge is 2.53. The Bertz CT molecular complexity index is 476. The highest BCUT2D eigenvalue weighted by molar-refractivity contribution is 5.91. The minimum absolute atomic E-state index is 0.158. The van der Waals surface area contributed by atoms with E-state index in [1.807, 2.05) is 0 Å². The Morgan fingerprint density at radius 2 is 1.90 bits per heavy atom. The van der Waals surface area contributed by atoms with Crippen LogP contribution in [0.5, 0.6) is 0 Å². The minimum Gasteiger partial charge on any atom is -0.348 e. The van der Waals surface area contributed by atoms with Crippen LogP contribution in [0.4, 0.5) is 0 Å². The van der Waals surface area contributed by atoms with Crippen molar-refractivity contribution in [3.8, 4) is 0 Å². The van der Waals surface area contributed by atoms with Crippen molar-refractivity contribution in [2.45, 2.75) is 51.5 Å². The number of hydrogen-bond donors (Lipinski definition) is 1. The van der Waals surface area contributed by atoms with Crippen molar-refractivity contribution in [3.05, 3.63) is 11.9 Å². The Morgan fingerprint density at radius 3 is 2.40 bits per heavy atom. The fourth-order valence-corrected chi connectivity index (χ4v) is 5.40. The Hall–Kier alpha value is -1.39. The molecule has 1 heterocycles. The first kappa shape index (κ1) is 12.4. The zero-order valence-corrected chi connectivity index (χ0v) is 11.8. The lowest BCUT2D eigenvalue weighted by Crippen LogP contribution is -2.55. The average Bonchev–Trinajstić information content (AvgIpc) is 2.90. The molecule has 5 rings (SSSR count). The normalized spacial score (nSPS) is 39.8. The van der Waals surface area contributed by atoms with Gasteiger partial charge in [-0.15, -0.1) is 0 Å². The molecule has 4 bridgehead atoms. The van der Waals surface area contributed by atoms with E-state index in [-0.39, 0.29) is 17.6 Å². The van der Waals surface area contributed by atoms with Gasteiger partial charge in [-0.1, -0.05) is 5.16 Å². The van der Waals surface area contributed by atoms with Crippen LogP contribution in [-0.4, -0.2) is 22.3 Å². The van der Waals surface area contributed by atoms with Crippen molar-refractivity contribution in [1.82, 2.24) is 15.6 Å². The molecule has 5 nitrogen and oxygen atoms in total. The van der Waals surface area contributed by atoms with Crippen molar-refractivity contribution in [1.29, 1.82) is 0 Å². The van der Waals surface area contributed by atoms with E-state index < -0.39 is 0 Å². The first-order valence-electron chi connectivity index (χ1n) is 7.73. The van der Waals surface area contributed by atoms with E-state index in [0.29, 0.717) is 5.41 Å². The zero-order chi connectivity index (χ0) is 13.7. The predicted molar refractivity (Wildman–Crippen MR) is 71.8 cm³/mol. The van der Waals surface area contributed by atoms with Gasteiger partial charge in [0.05, 0.1) is 0 Å². The Kier molecular flexibility index (Phi) is 2.66. The molecule has 1 N–H and O–H groups in total. The highest BCUT2D eigenvalue weighted by atomic mass is 16.6. The fraction of sp³-hybridized carbons (Fsp3) is 0.800. The molecule has 20 heavy (non-hydrogen) atoms. The van der Waals surface area contributed by atoms with Crippen LogP contribution < -0.4 is 5.32 Å². The van der Waals surface area contributed by atoms with Crippen LogP contribution in [0.1, 0.15) is 55.9 Å². The van der Waals surface area contributed by atoms with Crippen molar-refractivity contribution in [3.63, 3.8) is 0 Å². The number of rotatable bonds is 3. The largest absolute Gasteiger partial charge is 0.348 e. The van der Waals surface area contributed by atoms with E-state index in [0.717, 1.165) is 17.8 Å². The molecule has 4 aliphatic rings. The number of carbonyl (C=O) groups excluding carboxylic acids is 1. The third-order valence-electron chi connectivity index (χ3n) is 5.95. The second kappa shape index (κ2) is 4.30. The van der Waals surface area contributed by atoms with Crippen molar-refractivity contribution < 1.29 is 9.42 Å². The zero-order valence-electron chi connectivity index (χ0n) is 11.8. The summed E-state index contributed by atoms with van der Waals surface area (Å²) in [6.45, 7) is 2.17. The van der Waals surface area contributed by atoms with Gasteiger partial charge in [0.15, 0.2) is 5.69 Å². The number of amides is 1. The maximum atomic E-state index is 12.1. The van der Waals surface area contributed by atoms with Gasteiger partial charge in [0.25, 0.3) is 5.91 Å². The summed E-state index contributed by atoms with van der Waals surface area (Å²) < 4.78 is 4.51. The van der Waals surface area contributed by atoms with Crippen LogP contribution >= 0.6 is 0 Å². The molecule has 0 aromatic carbocycles. The molecular formula is C15H21N3O2. The first-order valence-corrected chi connectivity index (χ1v) is 7.73. The first-order chi connectivity index (χ1) is 9.64. The molecule has 0 aliphatic heterocycles. The molecular weight excluding hydrogens is 254 g/mol. The van der Waals surface area contributed by atoms with E-state index in [9.17, 15) is 4.79 Å². The number of nitrogens with one attached hydrogen (secondary N) is 1. The SMILES string of the molecule is CC(NC(=O)c1cnon1)C12CC3CC(CC(C3)C1)C2. The third kappa shape index (κ3) is 1.86. The van der Waals surface area contributed by atoms with Gasteiger partial charge < -0.3 is 5.32 Å². The van der Waals surface area contributed by atoms with Crippen LogP contribution in [0.3, 0.4) is 0 Å². The van der Waals surface area contributed by atoms with Crippen LogP contribution in [0.25, 0.3) is 0 Å². The maximum Gasteiger partial charge on any atom is 0.275 e. The number of hydrogen-bond acceptors (Lipinski definition) is 4. The molecule has 1 amide bonds. The Labute approximate surface area is 118 Å². The van der Waals surface area contributed by atoms with Gasteiger partial charge in [0.1, 0.15) is 6.20 Å². The lowest BCUT2D eigenvalue weighted by atomic mass is 9.48. The quantitative estimate of drug-likeness (QED) is 0.919. The molecule has 1 unspecified atom stereocenters. The summed E-state index contributed by atoms with van der Waals surface area (Å²) in [5.74, 6) is 2.53. The monoisotopic (exact) mass is 275 g/mol. The van der Waals surface area contributed by atoms with Gasteiger partial charge in [-0.3, -0.25) is 4.79 Å². The second-order valence-corrected chi connectivity index (χ2v) is 7.27. The van der Waals surface area contributed by atoms with E-state index in [4.69, 9.17) is 0 Å². The van der Waals surface area contributed by atoms with E-state index >= 15 is 0 Å². The molecule has 1 atom stereocenters. The van der Waals surface area contributed by atoms with E-state index in [2.05, 4.69) is 27.2 Å². The molecule has 4 saturated carbocycles. The number of aromatic nitrogens is 2. The van der Waals surface area contributed by atoms with Gasteiger partial charge >= 0.3 is 0 Å². The van der Waals surface area contributed by atoms with Gasteiger partial charge in [0, 0.05) is 6.04 Å². The molecule has 1 aromatic heterocycles. The summed E-state index contributed by atoms with van der Waals surface area (Å²) in [4.78, 5) is 12.1. The molecule has 5 heteroatoms. The lowest BCUT2D eigenvalue weighted by Gasteiger charge is -2.59. The standard InChI is InChI=1S/C15H21N3O2/c1-9(17-14(19)13-8-16-20-18-13)15-5-10-2-11(6-15)4-12(3-10)7-15/h8-12H,2-7H2,1H3,(H,17,19). The average molecular weight is 275 g/mol. The van der Waals surface area contributed by atoms with E-state index in [1.165, 1.54) is 44.7 Å². The van der Waals surface area contributed by atoms with Gasteiger partial charge in [-0.2, -0.15) is 0 Å². The van der Waals surface area contributed by atoms with Gasteiger partial charge in [-0.05, 0) is 73.8 Å². The minimum atomic E-state index is -0.158. The second-order valence-electron chi connectivity index (χ2n) is 7.27. The topological polar surface area (TPSA) is 68.0 Å². The molecule has 0 spiro atoms. The van der Waals surface area contributed by atoms with Crippen molar-refractivity contribution >= 4 is 5.91 Å². The summed E-state index contributed by atoms with van der Waals surface area (Å²) >= 11 is 0. The van der Waals surface area contributed by atoms with Crippen LogP contribution in [0.2, 0.25) is 0 Å². The summed E-state index contributed by atoms with van der Waals surface area (Å²) in [7, 11) is 0. The van der Waals surface area contributed by atoms with Crippen LogP contribution in [0, 0.1) is 23.2 Å². The number of carbonyl (C=O) groups is 1. The highest BCUT2D eigenvalue weighted by Crippen LogP contribution is 2.61. The lowest BCUT2D eigenvalue weighted by molar-refractivity contribution is -0.0688. The van der Waals surface area contributed by atoms with Gasteiger partial charge in [-0.25, -0.2) is 4.63 Å². The smallest absolute Gasteiger partial charge is 0.275 e. The molecule has 108 valence electrons. The van der Waals surface area contributed by atoms with E-state index in [1.54, 1.807) is 0 Å². The van der Waals surface area contributed by atoms with Crippen molar-refractivity contribution in [2.75, 3.05) is 0 Å². The Balaban J connectivity index is 1.51. The van der Waals surface area contributed by atoms with Crippen LogP contribution in [0.15, 0.2) is 10.8 Å². The molecule has 4 aliphatic carbocycles. The fourth-order valence-electron chi connectivity index (χ4n) is 5.40. The maximum absolute atomic E-state index is 12.1. The summed E-state index contributed by atoms with van der Waals surface area (Å²) in [5, 5.41) is 10.3. The summed E-state index contributed by atoms with van der Waals surface area (Å²) in [5.41, 5.74) is 0.600. The third-order valence-corrected chi connectivity index (χ3v) is 5.95. The summed E-state index contributed by atoms with van der Waals surface area (Å²) in [6.07, 6.45) is 9.52. The summed E-state index contributed by atoms with van der Waals surface area (Å²) in [6, 6.07) is 0.208. The molecule has 1 aromatic rings. The van der Waals surface area contributed by atoms with Gasteiger partial charge in [0.2, 0.25) is 0 Å². The Morgan fingerprint density at radius 1 is 1.30 bits per heavy atom. The number of nitrogens with zero attached hydrogens (tertiary/aromatic N) is 2. The predicted octanol–water partition coefficient (Wildman–Crippen LogP) is 2.40. The van der Waals surface area contributed by atoms with Crippen LogP contribution in [-0.2, 0) is 0 Å². The van der Waals surface area contributed by atoms with Crippen molar-refractivity contribution in [2.24, 2.45) is 23.2 Å². The molecule has 0 saturated heterocycles. The molecule has 4 fully saturated rings.